The van der Waals surface area contributed by atoms with Gasteiger partial charge in [0.15, 0.2) is 17.1 Å². The molecule has 0 amide bonds. The first-order chi connectivity index (χ1) is 10.3. The molecule has 21 heavy (non-hydrogen) atoms. The Kier molecular flexibility index (Phi) is 2.67. The van der Waals surface area contributed by atoms with Crippen molar-refractivity contribution in [3.8, 4) is 11.5 Å². The molecule has 3 aromatic rings. The molecule has 0 spiro atoms. The fraction of sp³-hybridized carbons (Fsp3) is 0.200. The molecule has 0 saturated heterocycles. The van der Waals surface area contributed by atoms with E-state index >= 15 is 0 Å². The predicted octanol–water partition coefficient (Wildman–Crippen LogP) is 2.38. The molecule has 0 atom stereocenters. The third-order valence-corrected chi connectivity index (χ3v) is 3.37. The minimum atomic E-state index is 0.291. The summed E-state index contributed by atoms with van der Waals surface area (Å²) < 4.78 is 12.4. The maximum Gasteiger partial charge on any atom is 0.243 e. The molecule has 0 radical (unpaired) electrons. The Balaban J connectivity index is 1.52. The van der Waals surface area contributed by atoms with Crippen LogP contribution in [0.25, 0.3) is 5.65 Å². The molecular formula is C15H14N4O2. The monoisotopic (exact) mass is 282 g/mol. The van der Waals surface area contributed by atoms with Crippen molar-refractivity contribution in [2.45, 2.75) is 13.5 Å². The first kappa shape index (κ1) is 12.0. The van der Waals surface area contributed by atoms with Crippen LogP contribution in [0.5, 0.6) is 11.5 Å². The summed E-state index contributed by atoms with van der Waals surface area (Å²) in [7, 11) is 0. The normalized spacial score (nSPS) is 12.8. The van der Waals surface area contributed by atoms with Gasteiger partial charge in [-0.25, -0.2) is 4.52 Å². The number of aromatic nitrogens is 3. The van der Waals surface area contributed by atoms with Crippen LogP contribution in [0.4, 0.5) is 5.95 Å². The van der Waals surface area contributed by atoms with E-state index in [2.05, 4.69) is 15.4 Å². The highest BCUT2D eigenvalue weighted by Gasteiger charge is 2.13. The van der Waals surface area contributed by atoms with Crippen molar-refractivity contribution in [2.75, 3.05) is 12.1 Å². The maximum atomic E-state index is 5.37. The number of anilines is 1. The van der Waals surface area contributed by atoms with Gasteiger partial charge in [0.2, 0.25) is 12.7 Å². The van der Waals surface area contributed by atoms with Gasteiger partial charge in [0.25, 0.3) is 0 Å². The summed E-state index contributed by atoms with van der Waals surface area (Å²) in [5, 5.41) is 7.62. The van der Waals surface area contributed by atoms with Crippen LogP contribution in [-0.4, -0.2) is 21.4 Å². The van der Waals surface area contributed by atoms with Crippen molar-refractivity contribution in [3.05, 3.63) is 47.7 Å². The van der Waals surface area contributed by atoms with E-state index in [1.54, 1.807) is 4.52 Å². The molecule has 2 aromatic heterocycles. The van der Waals surface area contributed by atoms with Crippen LogP contribution in [0.2, 0.25) is 0 Å². The van der Waals surface area contributed by atoms with E-state index < -0.39 is 0 Å². The largest absolute Gasteiger partial charge is 0.454 e. The van der Waals surface area contributed by atoms with Crippen molar-refractivity contribution < 1.29 is 9.47 Å². The van der Waals surface area contributed by atoms with E-state index in [1.807, 2.05) is 43.5 Å². The molecule has 0 unspecified atom stereocenters. The van der Waals surface area contributed by atoms with Crippen LogP contribution < -0.4 is 14.8 Å². The van der Waals surface area contributed by atoms with Crippen LogP contribution in [0.3, 0.4) is 0 Å². The molecule has 4 rings (SSSR count). The highest BCUT2D eigenvalue weighted by Crippen LogP contribution is 2.32. The second-order valence-electron chi connectivity index (χ2n) is 4.99. The molecule has 1 aromatic carbocycles. The van der Waals surface area contributed by atoms with E-state index in [9.17, 15) is 0 Å². The Morgan fingerprint density at radius 2 is 2.10 bits per heavy atom. The SMILES string of the molecule is Cc1ccc2nc(NCc3ccc4c(c3)OCO4)nn2c1. The lowest BCUT2D eigenvalue weighted by Crippen LogP contribution is -2.01. The van der Waals surface area contributed by atoms with Gasteiger partial charge in [-0.05, 0) is 36.2 Å². The van der Waals surface area contributed by atoms with E-state index in [0.29, 0.717) is 19.3 Å². The molecule has 3 heterocycles. The topological polar surface area (TPSA) is 60.7 Å². The number of aryl methyl sites for hydroxylation is 1. The van der Waals surface area contributed by atoms with Gasteiger partial charge in [0.05, 0.1) is 0 Å². The van der Waals surface area contributed by atoms with Gasteiger partial charge in [-0.15, -0.1) is 5.10 Å². The Morgan fingerprint density at radius 3 is 3.05 bits per heavy atom. The van der Waals surface area contributed by atoms with Crippen LogP contribution in [0.1, 0.15) is 11.1 Å². The minimum absolute atomic E-state index is 0.291. The van der Waals surface area contributed by atoms with Gasteiger partial charge in [-0.2, -0.15) is 4.98 Å². The number of ether oxygens (including phenoxy) is 2. The fourth-order valence-corrected chi connectivity index (χ4v) is 2.29. The number of nitrogens with one attached hydrogen (secondary N) is 1. The summed E-state index contributed by atoms with van der Waals surface area (Å²) in [4.78, 5) is 4.43. The highest BCUT2D eigenvalue weighted by molar-refractivity contribution is 5.47. The van der Waals surface area contributed by atoms with Crippen LogP contribution >= 0.6 is 0 Å². The Morgan fingerprint density at radius 1 is 1.19 bits per heavy atom. The first-order valence-corrected chi connectivity index (χ1v) is 6.73. The van der Waals surface area contributed by atoms with Crippen molar-refractivity contribution >= 4 is 11.6 Å². The molecule has 0 aliphatic carbocycles. The number of fused-ring (bicyclic) bond motifs is 2. The van der Waals surface area contributed by atoms with Crippen molar-refractivity contribution in [1.82, 2.24) is 14.6 Å². The third-order valence-electron chi connectivity index (χ3n) is 3.37. The molecule has 1 aliphatic rings. The first-order valence-electron chi connectivity index (χ1n) is 6.73. The van der Waals surface area contributed by atoms with Crippen molar-refractivity contribution in [2.24, 2.45) is 0 Å². The number of nitrogens with zero attached hydrogens (tertiary/aromatic N) is 3. The fourth-order valence-electron chi connectivity index (χ4n) is 2.29. The molecule has 0 fully saturated rings. The number of benzene rings is 1. The smallest absolute Gasteiger partial charge is 0.243 e. The standard InChI is InChI=1S/C15H14N4O2/c1-10-2-5-14-17-15(18-19(14)8-10)16-7-11-3-4-12-13(6-11)21-9-20-12/h2-6,8H,7,9H2,1H3,(H,16,18). The van der Waals surface area contributed by atoms with E-state index in [1.165, 1.54) is 0 Å². The predicted molar refractivity (Wildman–Crippen MR) is 77.6 cm³/mol. The number of hydrogen-bond donors (Lipinski definition) is 1. The summed E-state index contributed by atoms with van der Waals surface area (Å²) in [5.74, 6) is 2.19. The summed E-state index contributed by atoms with van der Waals surface area (Å²) in [5.41, 5.74) is 3.07. The average molecular weight is 282 g/mol. The van der Waals surface area contributed by atoms with Crippen LogP contribution in [0, 0.1) is 6.92 Å². The van der Waals surface area contributed by atoms with E-state index in [-0.39, 0.29) is 0 Å². The van der Waals surface area contributed by atoms with Gasteiger partial charge >= 0.3 is 0 Å². The zero-order chi connectivity index (χ0) is 14.2. The van der Waals surface area contributed by atoms with Crippen LogP contribution in [-0.2, 0) is 6.54 Å². The van der Waals surface area contributed by atoms with E-state index in [0.717, 1.165) is 28.3 Å². The number of pyridine rings is 1. The molecule has 0 saturated carbocycles. The van der Waals surface area contributed by atoms with Crippen molar-refractivity contribution in [3.63, 3.8) is 0 Å². The summed E-state index contributed by atoms with van der Waals surface area (Å²) in [6.07, 6.45) is 1.95. The van der Waals surface area contributed by atoms with Crippen molar-refractivity contribution in [1.29, 1.82) is 0 Å². The molecule has 1 aliphatic heterocycles. The second-order valence-corrected chi connectivity index (χ2v) is 4.99. The van der Waals surface area contributed by atoms with Gasteiger partial charge in [-0.1, -0.05) is 12.1 Å². The lowest BCUT2D eigenvalue weighted by Gasteiger charge is -2.03. The minimum Gasteiger partial charge on any atom is -0.454 e. The molecular weight excluding hydrogens is 268 g/mol. The average Bonchev–Trinajstić information content (AvgIpc) is 3.09. The molecule has 6 heteroatoms. The van der Waals surface area contributed by atoms with E-state index in [4.69, 9.17) is 9.47 Å². The zero-order valence-electron chi connectivity index (χ0n) is 11.5. The number of rotatable bonds is 3. The lowest BCUT2D eigenvalue weighted by atomic mass is 10.2. The van der Waals surface area contributed by atoms with Gasteiger partial charge in [0, 0.05) is 12.7 Å². The summed E-state index contributed by atoms with van der Waals surface area (Å²) in [6.45, 7) is 2.95. The van der Waals surface area contributed by atoms with Gasteiger partial charge in [0.1, 0.15) is 0 Å². The quantitative estimate of drug-likeness (QED) is 0.799. The maximum absolute atomic E-state index is 5.37. The molecule has 106 valence electrons. The Labute approximate surface area is 121 Å². The summed E-state index contributed by atoms with van der Waals surface area (Å²) in [6, 6.07) is 9.86. The molecule has 0 bridgehead atoms. The van der Waals surface area contributed by atoms with Crippen LogP contribution in [0.15, 0.2) is 36.5 Å². The van der Waals surface area contributed by atoms with Gasteiger partial charge < -0.3 is 14.8 Å². The van der Waals surface area contributed by atoms with Gasteiger partial charge in [-0.3, -0.25) is 0 Å². The second kappa shape index (κ2) is 4.66. The Bertz CT molecular complexity index is 813. The Hall–Kier alpha value is -2.76. The summed E-state index contributed by atoms with van der Waals surface area (Å²) >= 11 is 0. The number of hydrogen-bond acceptors (Lipinski definition) is 5. The third kappa shape index (κ3) is 2.24. The molecule has 6 nitrogen and oxygen atoms in total. The highest BCUT2D eigenvalue weighted by atomic mass is 16.7. The molecule has 1 N–H and O–H groups in total. The lowest BCUT2D eigenvalue weighted by molar-refractivity contribution is 0.174. The zero-order valence-corrected chi connectivity index (χ0v) is 11.5.